The Bertz CT molecular complexity index is 997. The summed E-state index contributed by atoms with van der Waals surface area (Å²) >= 11 is 1.44. The van der Waals surface area contributed by atoms with Crippen LogP contribution in [-0.4, -0.2) is 29.9 Å². The lowest BCUT2D eigenvalue weighted by molar-refractivity contribution is -0.118. The zero-order valence-corrected chi connectivity index (χ0v) is 15.7. The highest BCUT2D eigenvalue weighted by Gasteiger charge is 2.21. The Morgan fingerprint density at radius 3 is 2.81 bits per heavy atom. The number of benzene rings is 2. The molecular weight excluding hydrogens is 362 g/mol. The number of nitrogens with zero attached hydrogens (tertiary/aromatic N) is 2. The van der Waals surface area contributed by atoms with Gasteiger partial charge in [-0.05, 0) is 55.3 Å². The van der Waals surface area contributed by atoms with Gasteiger partial charge in [0.15, 0.2) is 11.7 Å². The monoisotopic (exact) mass is 381 g/mol. The van der Waals surface area contributed by atoms with Crippen LogP contribution in [0.1, 0.15) is 18.4 Å². The molecule has 138 valence electrons. The number of carbonyl (C=O) groups is 2. The number of anilines is 2. The van der Waals surface area contributed by atoms with Gasteiger partial charge in [0, 0.05) is 18.7 Å². The topological polar surface area (TPSA) is 71.5 Å². The van der Waals surface area contributed by atoms with Crippen molar-refractivity contribution < 1.29 is 14.3 Å². The maximum Gasteiger partial charge on any atom is 0.264 e. The van der Waals surface area contributed by atoms with Crippen LogP contribution in [-0.2, 0) is 9.59 Å². The van der Waals surface area contributed by atoms with Crippen molar-refractivity contribution in [2.45, 2.75) is 19.8 Å². The van der Waals surface area contributed by atoms with E-state index in [0.717, 1.165) is 34.4 Å². The maximum atomic E-state index is 12.1. The highest BCUT2D eigenvalue weighted by molar-refractivity contribution is 7.22. The summed E-state index contributed by atoms with van der Waals surface area (Å²) in [6.07, 6.45) is 1.49. The second-order valence-electron chi connectivity index (χ2n) is 6.47. The summed E-state index contributed by atoms with van der Waals surface area (Å²) < 4.78 is 6.58. The van der Waals surface area contributed by atoms with Gasteiger partial charge in [0.05, 0.1) is 10.2 Å². The van der Waals surface area contributed by atoms with Crippen LogP contribution in [0.25, 0.3) is 10.2 Å². The van der Waals surface area contributed by atoms with Gasteiger partial charge in [-0.15, -0.1) is 0 Å². The van der Waals surface area contributed by atoms with Crippen molar-refractivity contribution in [2.24, 2.45) is 0 Å². The maximum absolute atomic E-state index is 12.1. The van der Waals surface area contributed by atoms with Gasteiger partial charge in [-0.3, -0.25) is 14.9 Å². The second kappa shape index (κ2) is 7.36. The number of thiazole rings is 1. The predicted molar refractivity (Wildman–Crippen MR) is 107 cm³/mol. The third-order valence-electron chi connectivity index (χ3n) is 4.38. The Balaban J connectivity index is 1.33. The molecule has 27 heavy (non-hydrogen) atoms. The normalized spacial score (nSPS) is 14.0. The van der Waals surface area contributed by atoms with Crippen molar-refractivity contribution in [2.75, 3.05) is 23.4 Å². The number of hydrogen-bond acceptors (Lipinski definition) is 5. The molecule has 1 aliphatic rings. The van der Waals surface area contributed by atoms with Crippen LogP contribution in [0.5, 0.6) is 5.75 Å². The number of fused-ring (bicyclic) bond motifs is 1. The van der Waals surface area contributed by atoms with Gasteiger partial charge in [-0.2, -0.15) is 0 Å². The van der Waals surface area contributed by atoms with Crippen LogP contribution in [0.15, 0.2) is 42.5 Å². The lowest BCUT2D eigenvalue weighted by Crippen LogP contribution is -2.23. The molecular formula is C20H19N3O3S. The third kappa shape index (κ3) is 3.93. The van der Waals surface area contributed by atoms with Crippen molar-refractivity contribution in [1.82, 2.24) is 4.98 Å². The first-order chi connectivity index (χ1) is 13.1. The highest BCUT2D eigenvalue weighted by Crippen LogP contribution is 2.27. The van der Waals surface area contributed by atoms with Crippen molar-refractivity contribution in [3.63, 3.8) is 0 Å². The molecule has 2 amide bonds. The lowest BCUT2D eigenvalue weighted by atomic mass is 10.2. The molecule has 0 radical (unpaired) electrons. The minimum absolute atomic E-state index is 0.100. The van der Waals surface area contributed by atoms with Gasteiger partial charge in [0.1, 0.15) is 5.75 Å². The van der Waals surface area contributed by atoms with E-state index >= 15 is 0 Å². The molecule has 1 saturated heterocycles. The number of aryl methyl sites for hydroxylation is 1. The molecule has 0 aliphatic carbocycles. The van der Waals surface area contributed by atoms with Gasteiger partial charge in [-0.25, -0.2) is 4.98 Å². The third-order valence-corrected chi connectivity index (χ3v) is 5.32. The summed E-state index contributed by atoms with van der Waals surface area (Å²) in [5.41, 5.74) is 2.89. The van der Waals surface area contributed by atoms with Crippen molar-refractivity contribution in [3.05, 3.63) is 48.0 Å². The van der Waals surface area contributed by atoms with E-state index in [1.807, 2.05) is 37.3 Å². The van der Waals surface area contributed by atoms with Crippen LogP contribution in [0, 0.1) is 6.92 Å². The van der Waals surface area contributed by atoms with E-state index in [2.05, 4.69) is 10.3 Å². The number of ether oxygens (including phenoxy) is 1. The molecule has 0 bridgehead atoms. The fraction of sp³-hybridized carbons (Fsp3) is 0.250. The summed E-state index contributed by atoms with van der Waals surface area (Å²) in [7, 11) is 0. The molecule has 4 rings (SSSR count). The quantitative estimate of drug-likeness (QED) is 0.731. The number of amides is 2. The number of hydrogen-bond donors (Lipinski definition) is 1. The standard InChI is InChI=1S/C20H19N3O3S/c1-13-4-9-16-17(11-13)27-20(21-16)22-18(24)12-26-15-7-5-14(6-8-15)23-10-2-3-19(23)25/h4-9,11H,2-3,10,12H2,1H3,(H,21,22,24). The molecule has 0 atom stereocenters. The molecule has 3 aromatic rings. The van der Waals surface area contributed by atoms with Crippen molar-refractivity contribution >= 4 is 44.2 Å². The molecule has 1 aliphatic heterocycles. The molecule has 0 saturated carbocycles. The van der Waals surface area contributed by atoms with Gasteiger partial charge in [0.25, 0.3) is 5.91 Å². The Hall–Kier alpha value is -2.93. The first-order valence-electron chi connectivity index (χ1n) is 8.79. The van der Waals surface area contributed by atoms with E-state index in [0.29, 0.717) is 17.3 Å². The van der Waals surface area contributed by atoms with Gasteiger partial charge >= 0.3 is 0 Å². The zero-order chi connectivity index (χ0) is 18.8. The molecule has 2 aromatic carbocycles. The van der Waals surface area contributed by atoms with Crippen LogP contribution >= 0.6 is 11.3 Å². The van der Waals surface area contributed by atoms with Crippen LogP contribution in [0.2, 0.25) is 0 Å². The van der Waals surface area contributed by atoms with Gasteiger partial charge in [-0.1, -0.05) is 17.4 Å². The van der Waals surface area contributed by atoms with Gasteiger partial charge < -0.3 is 9.64 Å². The Kier molecular flexibility index (Phi) is 4.77. The number of aromatic nitrogens is 1. The highest BCUT2D eigenvalue weighted by atomic mass is 32.1. The van der Waals surface area contributed by atoms with E-state index in [1.54, 1.807) is 17.0 Å². The molecule has 1 N–H and O–H groups in total. The summed E-state index contributed by atoms with van der Waals surface area (Å²) in [4.78, 5) is 30.1. The molecule has 0 unspecified atom stereocenters. The van der Waals surface area contributed by atoms with E-state index in [9.17, 15) is 9.59 Å². The van der Waals surface area contributed by atoms with Crippen LogP contribution < -0.4 is 15.0 Å². The minimum Gasteiger partial charge on any atom is -0.484 e. The first kappa shape index (κ1) is 17.5. The van der Waals surface area contributed by atoms with E-state index in [4.69, 9.17) is 4.74 Å². The van der Waals surface area contributed by atoms with Crippen molar-refractivity contribution in [3.8, 4) is 5.75 Å². The summed E-state index contributed by atoms with van der Waals surface area (Å²) in [6, 6.07) is 13.2. The number of carbonyl (C=O) groups excluding carboxylic acids is 2. The average Bonchev–Trinajstić information content (AvgIpc) is 3.25. The second-order valence-corrected chi connectivity index (χ2v) is 7.50. The smallest absolute Gasteiger partial charge is 0.264 e. The van der Waals surface area contributed by atoms with E-state index in [1.165, 1.54) is 11.3 Å². The van der Waals surface area contributed by atoms with E-state index < -0.39 is 0 Å². The molecule has 0 spiro atoms. The van der Waals surface area contributed by atoms with E-state index in [-0.39, 0.29) is 18.4 Å². The number of rotatable bonds is 5. The molecule has 7 heteroatoms. The molecule has 1 fully saturated rings. The first-order valence-corrected chi connectivity index (χ1v) is 9.60. The van der Waals surface area contributed by atoms with Gasteiger partial charge in [0.2, 0.25) is 5.91 Å². The molecule has 1 aromatic heterocycles. The fourth-order valence-electron chi connectivity index (χ4n) is 3.03. The lowest BCUT2D eigenvalue weighted by Gasteiger charge is -2.16. The number of nitrogens with one attached hydrogen (secondary N) is 1. The SMILES string of the molecule is Cc1ccc2nc(NC(=O)COc3ccc(N4CCCC4=O)cc3)sc2c1. The predicted octanol–water partition coefficient (Wildman–Crippen LogP) is 3.75. The molecule has 2 heterocycles. The van der Waals surface area contributed by atoms with Crippen molar-refractivity contribution in [1.29, 1.82) is 0 Å². The zero-order valence-electron chi connectivity index (χ0n) is 14.9. The summed E-state index contributed by atoms with van der Waals surface area (Å²) in [5, 5.41) is 3.34. The Morgan fingerprint density at radius 1 is 1.26 bits per heavy atom. The summed E-state index contributed by atoms with van der Waals surface area (Å²) in [6.45, 7) is 2.68. The Morgan fingerprint density at radius 2 is 2.07 bits per heavy atom. The summed E-state index contributed by atoms with van der Waals surface area (Å²) in [5.74, 6) is 0.471. The minimum atomic E-state index is -0.260. The van der Waals surface area contributed by atoms with Crippen LogP contribution in [0.4, 0.5) is 10.8 Å². The van der Waals surface area contributed by atoms with Crippen LogP contribution in [0.3, 0.4) is 0 Å². The average molecular weight is 381 g/mol. The Labute approximate surface area is 160 Å². The largest absolute Gasteiger partial charge is 0.484 e. The fourth-order valence-corrected chi connectivity index (χ4v) is 4.01. The molecule has 6 nitrogen and oxygen atoms in total.